The highest BCUT2D eigenvalue weighted by Crippen LogP contribution is 2.40. The van der Waals surface area contributed by atoms with Crippen molar-refractivity contribution in [3.8, 4) is 0 Å². The first-order chi connectivity index (χ1) is 15.7. The van der Waals surface area contributed by atoms with Crippen molar-refractivity contribution >= 4 is 0 Å². The Hall–Kier alpha value is -3.56. The molecule has 0 radical (unpaired) electrons. The second kappa shape index (κ2) is 9.71. The second-order valence-electron chi connectivity index (χ2n) is 8.61. The number of nitrogens with zero attached hydrogens (tertiary/aromatic N) is 16. The predicted molar refractivity (Wildman–Crippen MR) is 112 cm³/mol. The molecule has 4 rings (SSSR count). The Morgan fingerprint density at radius 1 is 0.438 bits per heavy atom. The molecule has 168 valence electrons. The lowest BCUT2D eigenvalue weighted by molar-refractivity contribution is -0.0293. The van der Waals surface area contributed by atoms with E-state index in [-0.39, 0.29) is 48.3 Å². The van der Waals surface area contributed by atoms with E-state index in [0.29, 0.717) is 51.4 Å². The van der Waals surface area contributed by atoms with E-state index in [1.54, 1.807) is 0 Å². The van der Waals surface area contributed by atoms with E-state index in [9.17, 15) is 0 Å². The van der Waals surface area contributed by atoms with Gasteiger partial charge in [-0.3, -0.25) is 10.0 Å². The van der Waals surface area contributed by atoms with Gasteiger partial charge in [-0.25, -0.2) is 0 Å². The molecule has 0 aromatic rings. The minimum atomic E-state index is -0.227. The van der Waals surface area contributed by atoms with Crippen LogP contribution in [0.2, 0.25) is 0 Å². The fourth-order valence-corrected chi connectivity index (χ4v) is 5.79. The van der Waals surface area contributed by atoms with Crippen molar-refractivity contribution in [1.29, 1.82) is 0 Å². The molecular weight excluding hydrogens is 416 g/mol. The highest BCUT2D eigenvalue weighted by Gasteiger charge is 2.46. The van der Waals surface area contributed by atoms with Gasteiger partial charge in [-0.05, 0) is 73.5 Å². The Balaban J connectivity index is 1.64. The largest absolute Gasteiger partial charge is 0.270 e. The summed E-state index contributed by atoms with van der Waals surface area (Å²) in [6, 6.07) is -1.39. The predicted octanol–water partition coefficient (Wildman–Crippen LogP) is 5.24. The molecule has 0 saturated carbocycles. The van der Waals surface area contributed by atoms with Gasteiger partial charge >= 0.3 is 0 Å². The Labute approximate surface area is 183 Å². The van der Waals surface area contributed by atoms with Crippen LogP contribution >= 0.6 is 0 Å². The van der Waals surface area contributed by atoms with Crippen molar-refractivity contribution in [2.24, 2.45) is 30.9 Å². The maximum atomic E-state index is 8.97. The average Bonchev–Trinajstić information content (AvgIpc) is 2.79. The van der Waals surface area contributed by atoms with Crippen LogP contribution in [-0.2, 0) is 0 Å². The number of piperidine rings is 4. The molecule has 16 heteroatoms. The number of hydrogen-bond donors (Lipinski definition) is 0. The molecule has 0 aromatic carbocycles. The van der Waals surface area contributed by atoms with E-state index < -0.39 is 0 Å². The first-order valence-corrected chi connectivity index (χ1v) is 10.9. The zero-order valence-electron chi connectivity index (χ0n) is 17.4. The Morgan fingerprint density at radius 2 is 0.688 bits per heavy atom. The van der Waals surface area contributed by atoms with Crippen LogP contribution in [0.4, 0.5) is 0 Å². The molecule has 8 atom stereocenters. The number of azide groups is 4. The molecular formula is C16H24N16. The third-order valence-electron chi connectivity index (χ3n) is 7.21. The first-order valence-electron chi connectivity index (χ1n) is 10.9. The molecule has 0 N–H and O–H groups in total. The van der Waals surface area contributed by atoms with Crippen LogP contribution in [0.25, 0.3) is 41.8 Å². The van der Waals surface area contributed by atoms with Gasteiger partial charge in [0.25, 0.3) is 0 Å². The highest BCUT2D eigenvalue weighted by atomic mass is 15.7. The van der Waals surface area contributed by atoms with Crippen molar-refractivity contribution in [3.63, 3.8) is 0 Å². The topological polar surface area (TPSA) is 226 Å². The van der Waals surface area contributed by atoms with Crippen LogP contribution in [0.5, 0.6) is 0 Å². The van der Waals surface area contributed by atoms with Gasteiger partial charge < -0.3 is 0 Å². The molecule has 8 unspecified atom stereocenters. The van der Waals surface area contributed by atoms with Gasteiger partial charge in [0.1, 0.15) is 0 Å². The SMILES string of the molecule is [N-]=[N+]=NC1CCC2C(N=[N+]=[N-])CCC1N2/N=N/N1C2CCC(N=[N+]=[N-])C1CCC2N=[N+]=[N-]. The van der Waals surface area contributed by atoms with Crippen molar-refractivity contribution in [1.82, 2.24) is 10.0 Å². The van der Waals surface area contributed by atoms with E-state index in [2.05, 4.69) is 50.6 Å². The number of rotatable bonds is 6. The maximum absolute atomic E-state index is 8.97. The summed E-state index contributed by atoms with van der Waals surface area (Å²) in [6.07, 6.45) is 5.53. The number of hydrogen-bond acceptors (Lipinski definition) is 6. The third kappa shape index (κ3) is 4.00. The smallest absolute Gasteiger partial charge is 0.0596 e. The molecule has 4 aliphatic rings. The van der Waals surface area contributed by atoms with Gasteiger partial charge in [0.05, 0.1) is 48.3 Å². The van der Waals surface area contributed by atoms with Gasteiger partial charge in [0.2, 0.25) is 0 Å². The summed E-state index contributed by atoms with van der Waals surface area (Å²) in [6.45, 7) is 0. The van der Waals surface area contributed by atoms with E-state index in [0.717, 1.165) is 0 Å². The molecule has 4 heterocycles. The van der Waals surface area contributed by atoms with Crippen molar-refractivity contribution in [2.75, 3.05) is 0 Å². The highest BCUT2D eigenvalue weighted by molar-refractivity contribution is 5.03. The van der Waals surface area contributed by atoms with Gasteiger partial charge in [-0.1, -0.05) is 30.9 Å². The summed E-state index contributed by atoms with van der Waals surface area (Å²) < 4.78 is 0. The van der Waals surface area contributed by atoms with Crippen molar-refractivity contribution < 1.29 is 0 Å². The fourth-order valence-electron chi connectivity index (χ4n) is 5.79. The molecule has 0 aliphatic carbocycles. The van der Waals surface area contributed by atoms with Gasteiger partial charge in [0.15, 0.2) is 0 Å². The molecule has 32 heavy (non-hydrogen) atoms. The van der Waals surface area contributed by atoms with Crippen LogP contribution in [-0.4, -0.2) is 58.4 Å². The quantitative estimate of drug-likeness (QED) is 0.306. The summed E-state index contributed by atoms with van der Waals surface area (Å²) in [5.41, 5.74) is 35.9. The second-order valence-corrected chi connectivity index (χ2v) is 8.61. The van der Waals surface area contributed by atoms with E-state index in [1.807, 2.05) is 10.0 Å². The van der Waals surface area contributed by atoms with Gasteiger partial charge in [-0.2, -0.15) is 0 Å². The minimum Gasteiger partial charge on any atom is -0.270 e. The lowest BCUT2D eigenvalue weighted by atomic mass is 9.80. The Bertz CT molecular complexity index is 780. The minimum absolute atomic E-state index is 0.121. The fraction of sp³-hybridized carbons (Fsp3) is 1.00. The Kier molecular flexibility index (Phi) is 6.58. The van der Waals surface area contributed by atoms with Crippen LogP contribution in [0.1, 0.15) is 51.4 Å². The van der Waals surface area contributed by atoms with Gasteiger partial charge in [-0.15, -0.1) is 0 Å². The summed E-state index contributed by atoms with van der Waals surface area (Å²) in [5.74, 6) is 0. The Morgan fingerprint density at radius 3 is 0.906 bits per heavy atom. The maximum Gasteiger partial charge on any atom is 0.0596 e. The third-order valence-corrected chi connectivity index (χ3v) is 7.21. The summed E-state index contributed by atoms with van der Waals surface area (Å²) in [4.78, 5) is 12.0. The van der Waals surface area contributed by atoms with E-state index in [4.69, 9.17) is 22.1 Å². The van der Waals surface area contributed by atoms with E-state index >= 15 is 0 Å². The molecule has 0 amide bonds. The molecule has 4 aliphatic heterocycles. The first kappa shape index (κ1) is 21.7. The van der Waals surface area contributed by atoms with Crippen LogP contribution in [0.15, 0.2) is 30.9 Å². The van der Waals surface area contributed by atoms with Crippen LogP contribution in [0.3, 0.4) is 0 Å². The molecule has 16 nitrogen and oxygen atoms in total. The lowest BCUT2D eigenvalue weighted by Gasteiger charge is -2.50. The zero-order chi connectivity index (χ0) is 22.5. The molecule has 4 fully saturated rings. The average molecular weight is 440 g/mol. The molecule has 4 saturated heterocycles. The van der Waals surface area contributed by atoms with Crippen molar-refractivity contribution in [2.45, 2.75) is 99.7 Å². The van der Waals surface area contributed by atoms with Gasteiger partial charge in [0, 0.05) is 19.6 Å². The summed E-state index contributed by atoms with van der Waals surface area (Å²) in [5, 5.41) is 28.7. The summed E-state index contributed by atoms with van der Waals surface area (Å²) >= 11 is 0. The standard InChI is InChI=1S/C16H24N16/c17-25-21-9-1-5-13-10(22-26-18)2-6-14(9)31(13)29-30-32-15-7-3-11(23-27-19)16(32)8-4-12(15)24-28-20/h9-16H,1-8H2/b30-29+. The lowest BCUT2D eigenvalue weighted by Crippen LogP contribution is -2.59. The van der Waals surface area contributed by atoms with E-state index in [1.165, 1.54) is 0 Å². The number of fused-ring (bicyclic) bond motifs is 4. The molecule has 0 spiro atoms. The normalized spacial score (nSPS) is 38.0. The van der Waals surface area contributed by atoms with Crippen LogP contribution in [0, 0.1) is 0 Å². The van der Waals surface area contributed by atoms with Crippen LogP contribution < -0.4 is 0 Å². The molecule has 4 bridgehead atoms. The van der Waals surface area contributed by atoms with Crippen molar-refractivity contribution in [3.05, 3.63) is 41.8 Å². The zero-order valence-corrected chi connectivity index (χ0v) is 17.4. The molecule has 0 aromatic heterocycles. The monoisotopic (exact) mass is 440 g/mol. The summed E-state index contributed by atoms with van der Waals surface area (Å²) in [7, 11) is 0.